The summed E-state index contributed by atoms with van der Waals surface area (Å²) in [7, 11) is -2.27. The molecular weight excluding hydrogens is 877 g/mol. The quantitative estimate of drug-likeness (QED) is 0.198. The number of benzene rings is 3. The Bertz CT molecular complexity index is 2980. The first kappa shape index (κ1) is 43.7. The topological polar surface area (TPSA) is 200 Å². The minimum absolute atomic E-state index is 0.0389. The fourth-order valence-corrected chi connectivity index (χ4v) is 11.3. The number of amides is 3. The number of carbonyl (C=O) groups excluding carboxylic acids is 2. The number of urea groups is 1. The van der Waals surface area contributed by atoms with E-state index in [-0.39, 0.29) is 70.9 Å². The van der Waals surface area contributed by atoms with Crippen LogP contribution in [0.15, 0.2) is 53.6 Å². The lowest BCUT2D eigenvalue weighted by Crippen LogP contribution is -2.49. The van der Waals surface area contributed by atoms with Crippen molar-refractivity contribution in [1.82, 2.24) is 33.9 Å². The van der Waals surface area contributed by atoms with E-state index in [2.05, 4.69) is 25.0 Å². The molecule has 21 heteroatoms. The zero-order valence-corrected chi connectivity index (χ0v) is 37.2. The first-order chi connectivity index (χ1) is 31.8. The Morgan fingerprint density at radius 1 is 0.939 bits per heavy atom. The summed E-state index contributed by atoms with van der Waals surface area (Å²) in [5, 5.41) is 17.6. The molecule has 10 rings (SSSR count). The fraction of sp³-hybridized carbons (Fsp3) is 0.467. The van der Waals surface area contributed by atoms with Crippen molar-refractivity contribution in [1.29, 1.82) is 5.26 Å². The first-order valence-electron chi connectivity index (χ1n) is 22.3. The largest absolute Gasteiger partial charge is 0.453 e. The van der Waals surface area contributed by atoms with E-state index in [9.17, 15) is 28.1 Å². The molecule has 5 aliphatic rings. The molecule has 18 nitrogen and oxygen atoms in total. The number of hydrogen-bond acceptors (Lipinski definition) is 12. The van der Waals surface area contributed by atoms with Gasteiger partial charge in [-0.1, -0.05) is 0 Å². The van der Waals surface area contributed by atoms with E-state index in [1.165, 1.54) is 39.8 Å². The fourth-order valence-electron chi connectivity index (χ4n) is 9.94. The summed E-state index contributed by atoms with van der Waals surface area (Å²) in [6.07, 6.45) is 7.39. The molecule has 4 aliphatic heterocycles. The second kappa shape index (κ2) is 17.2. The van der Waals surface area contributed by atoms with Crippen LogP contribution in [0, 0.1) is 28.4 Å². The number of fused-ring (bicyclic) bond motifs is 2. The van der Waals surface area contributed by atoms with Gasteiger partial charge in [0.2, 0.25) is 5.91 Å². The third-order valence-electron chi connectivity index (χ3n) is 13.9. The summed E-state index contributed by atoms with van der Waals surface area (Å²) in [4.78, 5) is 48.7. The molecule has 0 radical (unpaired) electrons. The molecule has 1 spiro atoms. The van der Waals surface area contributed by atoms with E-state index in [1.807, 2.05) is 11.0 Å². The number of imide groups is 1. The molecule has 6 heterocycles. The van der Waals surface area contributed by atoms with E-state index >= 15 is 8.78 Å². The number of piperidine rings is 1. The van der Waals surface area contributed by atoms with Gasteiger partial charge in [0.1, 0.15) is 23.2 Å². The summed E-state index contributed by atoms with van der Waals surface area (Å²) in [5.41, 5.74) is 0.785. The number of carbonyl (C=O) groups is 2. The molecule has 1 saturated carbocycles. The molecule has 4 saturated heterocycles. The molecule has 2 N–H and O–H groups in total. The van der Waals surface area contributed by atoms with Gasteiger partial charge in [-0.05, 0) is 99.4 Å². The van der Waals surface area contributed by atoms with Gasteiger partial charge in [0.25, 0.3) is 5.56 Å². The molecular formula is C45H49F2N11O7S. The van der Waals surface area contributed by atoms with E-state index in [1.54, 1.807) is 28.4 Å². The van der Waals surface area contributed by atoms with Gasteiger partial charge in [0, 0.05) is 64.2 Å². The van der Waals surface area contributed by atoms with Gasteiger partial charge in [-0.2, -0.15) is 23.1 Å². The third kappa shape index (κ3) is 8.31. The van der Waals surface area contributed by atoms with Crippen LogP contribution < -0.4 is 30.1 Å². The number of halogens is 2. The van der Waals surface area contributed by atoms with Gasteiger partial charge in [-0.3, -0.25) is 38.7 Å². The lowest BCUT2D eigenvalue weighted by atomic mass is 10.0. The van der Waals surface area contributed by atoms with Gasteiger partial charge in [0.15, 0.2) is 17.4 Å². The van der Waals surface area contributed by atoms with Crippen LogP contribution in [-0.2, 0) is 26.8 Å². The third-order valence-corrected chi connectivity index (χ3v) is 15.3. The smallest absolute Gasteiger partial charge is 0.329 e. The molecule has 5 aromatic rings. The number of nitrogens with one attached hydrogen (secondary N) is 2. The number of nitrogens with zero attached hydrogens (tertiary/aromatic N) is 9. The maximum atomic E-state index is 15.8. The lowest BCUT2D eigenvalue weighted by molar-refractivity contribution is -0.120. The summed E-state index contributed by atoms with van der Waals surface area (Å²) in [6.45, 7) is 4.39. The Morgan fingerprint density at radius 3 is 2.52 bits per heavy atom. The summed E-state index contributed by atoms with van der Waals surface area (Å²) >= 11 is 0. The Labute approximate surface area is 378 Å². The Kier molecular flexibility index (Phi) is 11.4. The summed E-state index contributed by atoms with van der Waals surface area (Å²) in [5.74, 6) is -1.75. The van der Waals surface area contributed by atoms with Crippen molar-refractivity contribution in [2.45, 2.75) is 63.5 Å². The Morgan fingerprint density at radius 2 is 1.76 bits per heavy atom. The highest BCUT2D eigenvalue weighted by Crippen LogP contribution is 2.53. The molecule has 2 aromatic heterocycles. The van der Waals surface area contributed by atoms with Crippen molar-refractivity contribution in [3.63, 3.8) is 0 Å². The first-order valence-corrected chi connectivity index (χ1v) is 23.8. The highest BCUT2D eigenvalue weighted by molar-refractivity contribution is 7.90. The van der Waals surface area contributed by atoms with E-state index in [0.29, 0.717) is 73.7 Å². The predicted octanol–water partition coefficient (Wildman–Crippen LogP) is 5.14. The van der Waals surface area contributed by atoms with Crippen LogP contribution in [0.25, 0.3) is 21.8 Å². The zero-order valence-electron chi connectivity index (χ0n) is 36.3. The maximum Gasteiger partial charge on any atom is 0.329 e. The number of aromatic nitrogens is 4. The number of ether oxygens (including phenoxy) is 2. The highest BCUT2D eigenvalue weighted by Gasteiger charge is 2.50. The monoisotopic (exact) mass is 925 g/mol. The molecule has 1 aliphatic carbocycles. The van der Waals surface area contributed by atoms with Gasteiger partial charge in [-0.15, -0.1) is 0 Å². The van der Waals surface area contributed by atoms with Crippen LogP contribution >= 0.6 is 0 Å². The van der Waals surface area contributed by atoms with Crippen LogP contribution in [0.5, 0.6) is 11.5 Å². The van der Waals surface area contributed by atoms with Crippen molar-refractivity contribution in [3.05, 3.63) is 76.3 Å². The molecule has 3 amide bonds. The number of hydrogen-bond donors (Lipinski definition) is 2. The average molecular weight is 926 g/mol. The Balaban J connectivity index is 0.789. The average Bonchev–Trinajstić information content (AvgIpc) is 3.76. The Hall–Kier alpha value is -6.21. The van der Waals surface area contributed by atoms with Crippen molar-refractivity contribution < 1.29 is 36.3 Å². The SMILES string of the molecule is Cn1nc(N2CCC(=O)NC2=O)c2cc(F)c(N3CCC(N4CCCC(n5cnc6ccc(Oc7c(F)ccc(NS(=O)(=O)N8CCC9(CC9)C8)c7C#N)cc6c5=O)COCC4)CC3)cc21. The molecule has 1 atom stereocenters. The number of nitriles is 1. The van der Waals surface area contributed by atoms with Crippen molar-refractivity contribution >= 4 is 61.1 Å². The van der Waals surface area contributed by atoms with Crippen LogP contribution in [0.3, 0.4) is 0 Å². The molecule has 346 valence electrons. The van der Waals surface area contributed by atoms with Crippen molar-refractivity contribution in [2.75, 3.05) is 73.5 Å². The summed E-state index contributed by atoms with van der Waals surface area (Å²) < 4.78 is 76.8. The zero-order chi connectivity index (χ0) is 45.9. The van der Waals surface area contributed by atoms with Gasteiger partial charge in [-0.25, -0.2) is 18.6 Å². The number of rotatable bonds is 9. The number of anilines is 3. The second-order valence-electron chi connectivity index (χ2n) is 18.0. The molecule has 3 aromatic carbocycles. The minimum atomic E-state index is -4.01. The lowest BCUT2D eigenvalue weighted by Gasteiger charge is -2.39. The normalized spacial score (nSPS) is 21.2. The van der Waals surface area contributed by atoms with Crippen LogP contribution in [-0.4, -0.2) is 114 Å². The van der Waals surface area contributed by atoms with Crippen molar-refractivity contribution in [2.24, 2.45) is 12.5 Å². The van der Waals surface area contributed by atoms with Crippen LogP contribution in [0.4, 0.5) is 30.8 Å². The van der Waals surface area contributed by atoms with Gasteiger partial charge >= 0.3 is 16.2 Å². The van der Waals surface area contributed by atoms with E-state index < -0.39 is 33.6 Å². The van der Waals surface area contributed by atoms with Crippen LogP contribution in [0.1, 0.15) is 63.0 Å². The molecule has 1 unspecified atom stereocenters. The number of aryl methyl sites for hydroxylation is 1. The second-order valence-corrected chi connectivity index (χ2v) is 19.7. The molecule has 5 fully saturated rings. The minimum Gasteiger partial charge on any atom is -0.453 e. The van der Waals surface area contributed by atoms with E-state index in [0.717, 1.165) is 51.1 Å². The van der Waals surface area contributed by atoms with Crippen LogP contribution in [0.2, 0.25) is 0 Å². The maximum absolute atomic E-state index is 15.8. The predicted molar refractivity (Wildman–Crippen MR) is 240 cm³/mol. The standard InChI is InChI=1S/C45H49F2N11O7S/c1-53-38-23-39(35(47)22-32(38)42(51-53)57-17-10-40(59)50-44(57)61)55-15-8-28(9-16-55)54-14-2-3-29(25-64-20-19-54)58-27-49-36-6-4-30(21-31(36)43(58)60)65-41-33(24-48)37(7-5-34(41)46)52-66(62,63)56-18-13-45(26-56)11-12-45/h4-7,21-23,27-29,52H,2-3,8-20,25-26H2,1H3,(H,50,59,61). The van der Waals surface area contributed by atoms with Gasteiger partial charge < -0.3 is 14.4 Å². The van der Waals surface area contributed by atoms with Crippen molar-refractivity contribution in [3.8, 4) is 17.6 Å². The summed E-state index contributed by atoms with van der Waals surface area (Å²) in [6, 6.07) is 11.2. The molecule has 0 bridgehead atoms. The molecule has 66 heavy (non-hydrogen) atoms. The highest BCUT2D eigenvalue weighted by atomic mass is 32.2. The van der Waals surface area contributed by atoms with E-state index in [4.69, 9.17) is 9.47 Å². The van der Waals surface area contributed by atoms with Gasteiger partial charge in [0.05, 0.1) is 53.4 Å².